The minimum atomic E-state index is -1.51. The van der Waals surface area contributed by atoms with Gasteiger partial charge in [-0.2, -0.15) is 0 Å². The summed E-state index contributed by atoms with van der Waals surface area (Å²) in [6.07, 6.45) is 0.319. The van der Waals surface area contributed by atoms with Crippen LogP contribution in [-0.4, -0.2) is 28.1 Å². The molecule has 5 heteroatoms. The van der Waals surface area contributed by atoms with E-state index in [2.05, 4.69) is 15.9 Å². The number of aliphatic hydroxyl groups excluding tert-OH is 1. The summed E-state index contributed by atoms with van der Waals surface area (Å²) in [5, 5.41) is 19.2. The van der Waals surface area contributed by atoms with Crippen molar-refractivity contribution >= 4 is 21.9 Å². The highest BCUT2D eigenvalue weighted by molar-refractivity contribution is 9.09. The van der Waals surface area contributed by atoms with E-state index in [-0.39, 0.29) is 0 Å². The van der Waals surface area contributed by atoms with Crippen molar-refractivity contribution in [3.05, 3.63) is 29.3 Å². The first-order valence-electron chi connectivity index (χ1n) is 5.82. The Bertz CT molecular complexity index is 406. The fourth-order valence-corrected chi connectivity index (χ4v) is 1.92. The highest BCUT2D eigenvalue weighted by atomic mass is 79.9. The quantitative estimate of drug-likeness (QED) is 0.759. The van der Waals surface area contributed by atoms with Crippen LogP contribution >= 0.6 is 15.9 Å². The number of hydrogen-bond acceptors (Lipinski definition) is 3. The second-order valence-electron chi connectivity index (χ2n) is 3.83. The van der Waals surface area contributed by atoms with Crippen molar-refractivity contribution in [1.82, 2.24) is 0 Å². The van der Waals surface area contributed by atoms with E-state index in [0.29, 0.717) is 17.9 Å². The number of alkyl halides is 1. The van der Waals surface area contributed by atoms with Crippen molar-refractivity contribution in [3.63, 3.8) is 0 Å². The van der Waals surface area contributed by atoms with Gasteiger partial charge in [0.25, 0.3) is 0 Å². The van der Waals surface area contributed by atoms with Gasteiger partial charge in [-0.05, 0) is 37.0 Å². The molecule has 4 nitrogen and oxygen atoms in total. The minimum Gasteiger partial charge on any atom is -0.494 e. The Hall–Kier alpha value is -1.07. The molecule has 0 amide bonds. The van der Waals surface area contributed by atoms with Gasteiger partial charge in [-0.15, -0.1) is 0 Å². The van der Waals surface area contributed by atoms with Crippen molar-refractivity contribution in [2.45, 2.75) is 25.9 Å². The normalized spacial score (nSPS) is 12.2. The lowest BCUT2D eigenvalue weighted by atomic mass is 10.0. The summed E-state index contributed by atoms with van der Waals surface area (Å²) >= 11 is 3.37. The number of carbonyl (C=O) groups is 1. The van der Waals surface area contributed by atoms with Crippen molar-refractivity contribution in [2.24, 2.45) is 0 Å². The van der Waals surface area contributed by atoms with Crippen LogP contribution in [0.1, 0.15) is 30.6 Å². The predicted octanol–water partition coefficient (Wildman–Crippen LogP) is 2.53. The summed E-state index contributed by atoms with van der Waals surface area (Å²) in [5.41, 5.74) is 1.37. The van der Waals surface area contributed by atoms with Crippen LogP contribution in [0.5, 0.6) is 5.75 Å². The molecule has 0 radical (unpaired) electrons. The maximum Gasteiger partial charge on any atom is 0.337 e. The number of hydrogen-bond donors (Lipinski definition) is 2. The molecule has 18 heavy (non-hydrogen) atoms. The van der Waals surface area contributed by atoms with Gasteiger partial charge in [-0.3, -0.25) is 0 Å². The number of benzene rings is 1. The fourth-order valence-electron chi connectivity index (χ4n) is 1.64. The van der Waals surface area contributed by atoms with Crippen LogP contribution in [0.2, 0.25) is 0 Å². The standard InChI is InChI=1S/C13H17BrO4/c1-2-18-11-8-10(12(15)13(16)17)6-5-9(11)4-3-7-14/h5-6,8,12,15H,2-4,7H2,1H3,(H,16,17). The molecule has 0 aliphatic rings. The fraction of sp³-hybridized carbons (Fsp3) is 0.462. The summed E-state index contributed by atoms with van der Waals surface area (Å²) in [6.45, 7) is 2.38. The third-order valence-electron chi connectivity index (χ3n) is 2.52. The van der Waals surface area contributed by atoms with Gasteiger partial charge in [0, 0.05) is 5.33 Å². The monoisotopic (exact) mass is 316 g/mol. The first kappa shape index (κ1) is 15.0. The summed E-state index contributed by atoms with van der Waals surface area (Å²) in [6, 6.07) is 5.05. The third kappa shape index (κ3) is 3.99. The summed E-state index contributed by atoms with van der Waals surface area (Å²) in [4.78, 5) is 10.7. The smallest absolute Gasteiger partial charge is 0.337 e. The molecule has 0 bridgehead atoms. The number of ether oxygens (including phenoxy) is 1. The van der Waals surface area contributed by atoms with Crippen LogP contribution in [0, 0.1) is 0 Å². The zero-order valence-corrected chi connectivity index (χ0v) is 11.8. The Morgan fingerprint density at radius 2 is 2.22 bits per heavy atom. The van der Waals surface area contributed by atoms with Gasteiger partial charge in [0.05, 0.1) is 6.61 Å². The van der Waals surface area contributed by atoms with Crippen LogP contribution < -0.4 is 4.74 Å². The number of aliphatic carboxylic acids is 1. The SMILES string of the molecule is CCOc1cc(C(O)C(=O)O)ccc1CCCBr. The molecule has 0 aliphatic carbocycles. The van der Waals surface area contributed by atoms with E-state index in [1.54, 1.807) is 12.1 Å². The molecule has 0 saturated carbocycles. The molecule has 1 aromatic carbocycles. The molecular weight excluding hydrogens is 300 g/mol. The van der Waals surface area contributed by atoms with Crippen LogP contribution in [0.3, 0.4) is 0 Å². The molecule has 1 aromatic rings. The Morgan fingerprint density at radius 3 is 2.78 bits per heavy atom. The van der Waals surface area contributed by atoms with Crippen molar-refractivity contribution in [2.75, 3.05) is 11.9 Å². The van der Waals surface area contributed by atoms with E-state index in [9.17, 15) is 9.90 Å². The third-order valence-corrected chi connectivity index (χ3v) is 3.08. The average Bonchev–Trinajstić information content (AvgIpc) is 2.36. The molecule has 1 unspecified atom stereocenters. The predicted molar refractivity (Wildman–Crippen MR) is 72.3 cm³/mol. The number of aryl methyl sites for hydroxylation is 1. The first-order valence-corrected chi connectivity index (χ1v) is 6.94. The zero-order chi connectivity index (χ0) is 13.5. The average molecular weight is 317 g/mol. The zero-order valence-electron chi connectivity index (χ0n) is 10.2. The Balaban J connectivity index is 2.98. The second kappa shape index (κ2) is 7.38. The molecule has 0 saturated heterocycles. The number of carboxylic acid groups (broad SMARTS) is 1. The van der Waals surface area contributed by atoms with Crippen LogP contribution in [0.25, 0.3) is 0 Å². The molecule has 2 N–H and O–H groups in total. The van der Waals surface area contributed by atoms with E-state index in [0.717, 1.165) is 23.7 Å². The van der Waals surface area contributed by atoms with Gasteiger partial charge in [0.2, 0.25) is 0 Å². The van der Waals surface area contributed by atoms with Gasteiger partial charge in [-0.25, -0.2) is 4.79 Å². The Labute approximate surface area is 115 Å². The van der Waals surface area contributed by atoms with Crippen molar-refractivity contribution < 1.29 is 19.7 Å². The summed E-state index contributed by atoms with van der Waals surface area (Å²) < 4.78 is 5.49. The Morgan fingerprint density at radius 1 is 1.50 bits per heavy atom. The lowest BCUT2D eigenvalue weighted by molar-refractivity contribution is -0.146. The number of rotatable bonds is 7. The second-order valence-corrected chi connectivity index (χ2v) is 4.63. The minimum absolute atomic E-state index is 0.341. The molecule has 0 spiro atoms. The largest absolute Gasteiger partial charge is 0.494 e. The van der Waals surface area contributed by atoms with Crippen molar-refractivity contribution in [1.29, 1.82) is 0 Å². The van der Waals surface area contributed by atoms with E-state index >= 15 is 0 Å². The first-order chi connectivity index (χ1) is 8.60. The number of aliphatic hydroxyl groups is 1. The molecule has 1 rings (SSSR count). The van der Waals surface area contributed by atoms with Gasteiger partial charge in [0.15, 0.2) is 6.10 Å². The maximum atomic E-state index is 10.7. The maximum absolute atomic E-state index is 10.7. The number of carboxylic acids is 1. The van der Waals surface area contributed by atoms with E-state index < -0.39 is 12.1 Å². The summed E-state index contributed by atoms with van der Waals surface area (Å²) in [7, 11) is 0. The van der Waals surface area contributed by atoms with E-state index in [1.807, 2.05) is 13.0 Å². The Kier molecular flexibility index (Phi) is 6.15. The van der Waals surface area contributed by atoms with Crippen LogP contribution in [0.4, 0.5) is 0 Å². The molecule has 100 valence electrons. The molecule has 0 fully saturated rings. The molecule has 0 aromatic heterocycles. The molecule has 1 atom stereocenters. The molecular formula is C13H17BrO4. The van der Waals surface area contributed by atoms with Crippen LogP contribution in [-0.2, 0) is 11.2 Å². The van der Waals surface area contributed by atoms with Gasteiger partial charge < -0.3 is 14.9 Å². The summed E-state index contributed by atoms with van der Waals surface area (Å²) in [5.74, 6) is -0.609. The van der Waals surface area contributed by atoms with Gasteiger partial charge in [0.1, 0.15) is 5.75 Å². The topological polar surface area (TPSA) is 66.8 Å². The lowest BCUT2D eigenvalue weighted by Gasteiger charge is -2.13. The highest BCUT2D eigenvalue weighted by Crippen LogP contribution is 2.25. The lowest BCUT2D eigenvalue weighted by Crippen LogP contribution is -2.11. The van der Waals surface area contributed by atoms with Crippen molar-refractivity contribution in [3.8, 4) is 5.75 Å². The van der Waals surface area contributed by atoms with E-state index in [4.69, 9.17) is 9.84 Å². The molecule has 0 aliphatic heterocycles. The highest BCUT2D eigenvalue weighted by Gasteiger charge is 2.17. The van der Waals surface area contributed by atoms with Crippen LogP contribution in [0.15, 0.2) is 18.2 Å². The van der Waals surface area contributed by atoms with Gasteiger partial charge in [-0.1, -0.05) is 28.1 Å². The molecule has 0 heterocycles. The van der Waals surface area contributed by atoms with E-state index in [1.165, 1.54) is 0 Å². The number of halogens is 1. The van der Waals surface area contributed by atoms with Gasteiger partial charge >= 0.3 is 5.97 Å².